The normalized spacial score (nSPS) is 10.9. The van der Waals surface area contributed by atoms with Gasteiger partial charge in [0, 0.05) is 40.3 Å². The summed E-state index contributed by atoms with van der Waals surface area (Å²) in [7, 11) is 0. The predicted molar refractivity (Wildman–Crippen MR) is 154 cm³/mol. The van der Waals surface area contributed by atoms with Crippen LogP contribution in [0.1, 0.15) is 25.7 Å². The average molecular weight is 625 g/mol. The monoisotopic (exact) mass is 624 g/mol. The van der Waals surface area contributed by atoms with E-state index in [4.69, 9.17) is 34.2 Å². The van der Waals surface area contributed by atoms with E-state index in [1.807, 2.05) is 0 Å². The van der Waals surface area contributed by atoms with E-state index >= 15 is 0 Å². The van der Waals surface area contributed by atoms with Crippen LogP contribution in [0.5, 0.6) is 0 Å². The molecular formula is C22H40O10S5. The minimum Gasteiger partial charge on any atom is -0.465 e. The Morgan fingerprint density at radius 3 is 1.51 bits per heavy atom. The Morgan fingerprint density at radius 2 is 0.946 bits per heavy atom. The van der Waals surface area contributed by atoms with E-state index < -0.39 is 0 Å². The molecule has 0 radical (unpaired) electrons. The number of esters is 3. The van der Waals surface area contributed by atoms with E-state index in [1.165, 1.54) is 35.3 Å². The van der Waals surface area contributed by atoms with Crippen molar-refractivity contribution >= 4 is 76.7 Å². The van der Waals surface area contributed by atoms with Crippen molar-refractivity contribution in [3.8, 4) is 0 Å². The van der Waals surface area contributed by atoms with Crippen molar-refractivity contribution in [2.75, 3.05) is 90.9 Å². The van der Waals surface area contributed by atoms with Crippen molar-refractivity contribution in [3.63, 3.8) is 0 Å². The Morgan fingerprint density at radius 1 is 0.486 bits per heavy atom. The van der Waals surface area contributed by atoms with Gasteiger partial charge >= 0.3 is 17.9 Å². The van der Waals surface area contributed by atoms with E-state index in [9.17, 15) is 14.4 Å². The lowest BCUT2D eigenvalue weighted by molar-refractivity contribution is -0.289. The lowest BCUT2D eigenvalue weighted by Crippen LogP contribution is -2.10. The Kier molecular flexibility index (Phi) is 30.5. The second-order valence-electron chi connectivity index (χ2n) is 6.84. The van der Waals surface area contributed by atoms with Crippen LogP contribution in [0, 0.1) is 0 Å². The van der Waals surface area contributed by atoms with E-state index in [1.54, 1.807) is 23.5 Å². The van der Waals surface area contributed by atoms with E-state index in [2.05, 4.69) is 0 Å². The number of rotatable bonds is 28. The number of carbonyl (C=O) groups is 3. The molecule has 0 aromatic heterocycles. The fourth-order valence-corrected chi connectivity index (χ4v) is 5.27. The lowest BCUT2D eigenvalue weighted by Gasteiger charge is -2.06. The number of hydrogen-bond acceptors (Lipinski definition) is 15. The van der Waals surface area contributed by atoms with Gasteiger partial charge < -0.3 is 24.4 Å². The number of ether oxygens (including phenoxy) is 3. The molecule has 15 heteroatoms. The molecule has 0 aliphatic heterocycles. The maximum atomic E-state index is 11.7. The quantitative estimate of drug-likeness (QED) is 0.0329. The molecule has 0 saturated carbocycles. The van der Waals surface area contributed by atoms with Crippen LogP contribution in [-0.2, 0) is 38.4 Å². The molecule has 37 heavy (non-hydrogen) atoms. The fraction of sp³-hybridized carbons (Fsp3) is 0.864. The topological polar surface area (TPSA) is 138 Å². The number of carbonyl (C=O) groups excluding carboxylic acids is 3. The van der Waals surface area contributed by atoms with Gasteiger partial charge in [-0.1, -0.05) is 0 Å². The Hall–Kier alpha value is -0.000000000000000132. The van der Waals surface area contributed by atoms with Crippen LogP contribution in [-0.4, -0.2) is 119 Å². The molecule has 0 atom stereocenters. The van der Waals surface area contributed by atoms with Crippen molar-refractivity contribution in [3.05, 3.63) is 0 Å². The first-order chi connectivity index (χ1) is 18.1. The van der Waals surface area contributed by atoms with Gasteiger partial charge in [0.05, 0.1) is 45.7 Å². The van der Waals surface area contributed by atoms with Crippen LogP contribution in [0.4, 0.5) is 0 Å². The molecule has 10 nitrogen and oxygen atoms in total. The van der Waals surface area contributed by atoms with Crippen LogP contribution >= 0.6 is 58.8 Å². The zero-order valence-corrected chi connectivity index (χ0v) is 25.2. The molecule has 0 heterocycles. The second-order valence-corrected chi connectivity index (χ2v) is 12.6. The summed E-state index contributed by atoms with van der Waals surface area (Å²) in [5, 5.41) is 17.3. The molecule has 0 amide bonds. The molecule has 0 spiro atoms. The first kappa shape index (κ1) is 37.0. The molecule has 0 fully saturated rings. The molecule has 0 aromatic rings. The molecule has 218 valence electrons. The van der Waals surface area contributed by atoms with Crippen LogP contribution < -0.4 is 0 Å². The zero-order valence-electron chi connectivity index (χ0n) is 21.1. The highest BCUT2D eigenvalue weighted by molar-refractivity contribution is 8.00. The maximum Gasteiger partial charge on any atom is 0.307 e. The third-order valence-electron chi connectivity index (χ3n) is 3.83. The molecule has 0 saturated heterocycles. The summed E-state index contributed by atoms with van der Waals surface area (Å²) in [6, 6.07) is 0. The minimum absolute atomic E-state index is 0.0647. The average Bonchev–Trinajstić information content (AvgIpc) is 2.89. The summed E-state index contributed by atoms with van der Waals surface area (Å²) < 4.78 is 15.2. The van der Waals surface area contributed by atoms with Gasteiger partial charge in [0.15, 0.2) is 0 Å². The molecule has 0 bridgehead atoms. The third kappa shape index (κ3) is 30.4. The van der Waals surface area contributed by atoms with Gasteiger partial charge in [-0.15, -0.1) is 23.5 Å². The summed E-state index contributed by atoms with van der Waals surface area (Å²) in [6.07, 6.45) is 1.80. The standard InChI is InChI=1S/C22H40O10S5/c23-5-14-36-18-29-21(26)3-11-33-10-1-7-31-32-9-17-35-16-8-28-20(25)2-12-34-13-4-22(27)30-19-37-15-6-24/h23-24H,1-19H2. The fourth-order valence-electron chi connectivity index (χ4n) is 2.10. The third-order valence-corrected chi connectivity index (χ3v) is 8.31. The maximum absolute atomic E-state index is 11.7. The SMILES string of the molecule is O=C(CCSCCC(=O)OCSCCO)OCCSCCOOCCCSCCC(=O)OCSCCO. The molecule has 0 aliphatic rings. The van der Waals surface area contributed by atoms with Gasteiger partial charge in [-0.25, -0.2) is 9.78 Å². The van der Waals surface area contributed by atoms with Crippen LogP contribution in [0.25, 0.3) is 0 Å². The molecular weight excluding hydrogens is 585 g/mol. The molecule has 0 aliphatic carbocycles. The summed E-state index contributed by atoms with van der Waals surface area (Å²) in [5.74, 6) is 5.08. The summed E-state index contributed by atoms with van der Waals surface area (Å²) in [4.78, 5) is 44.9. The largest absolute Gasteiger partial charge is 0.465 e. The highest BCUT2D eigenvalue weighted by Crippen LogP contribution is 2.09. The van der Waals surface area contributed by atoms with Gasteiger partial charge in [0.1, 0.15) is 18.5 Å². The van der Waals surface area contributed by atoms with Gasteiger partial charge in [-0.3, -0.25) is 14.4 Å². The van der Waals surface area contributed by atoms with Crippen LogP contribution in [0.3, 0.4) is 0 Å². The summed E-state index contributed by atoms with van der Waals surface area (Å²) in [6.45, 7) is 1.43. The lowest BCUT2D eigenvalue weighted by atomic mass is 10.5. The summed E-state index contributed by atoms with van der Waals surface area (Å²) in [5.41, 5.74) is 0. The smallest absolute Gasteiger partial charge is 0.307 e. The van der Waals surface area contributed by atoms with Crippen LogP contribution in [0.15, 0.2) is 0 Å². The van der Waals surface area contributed by atoms with Crippen molar-refractivity contribution in [1.29, 1.82) is 0 Å². The van der Waals surface area contributed by atoms with Gasteiger partial charge in [0.2, 0.25) is 0 Å². The van der Waals surface area contributed by atoms with Crippen LogP contribution in [0.2, 0.25) is 0 Å². The minimum atomic E-state index is -0.274. The van der Waals surface area contributed by atoms with E-state index in [0.717, 1.165) is 17.9 Å². The molecule has 2 N–H and O–H groups in total. The van der Waals surface area contributed by atoms with E-state index in [0.29, 0.717) is 73.6 Å². The van der Waals surface area contributed by atoms with Crippen molar-refractivity contribution in [1.82, 2.24) is 0 Å². The highest BCUT2D eigenvalue weighted by atomic mass is 32.2. The molecule has 0 aromatic carbocycles. The predicted octanol–water partition coefficient (Wildman–Crippen LogP) is 2.69. The van der Waals surface area contributed by atoms with Crippen molar-refractivity contribution in [2.24, 2.45) is 0 Å². The number of thioether (sulfide) groups is 5. The van der Waals surface area contributed by atoms with Gasteiger partial charge in [0.25, 0.3) is 0 Å². The molecule has 0 rings (SSSR count). The highest BCUT2D eigenvalue weighted by Gasteiger charge is 2.06. The Labute approximate surface area is 241 Å². The second kappa shape index (κ2) is 30.5. The summed E-state index contributed by atoms with van der Waals surface area (Å²) >= 11 is 7.52. The van der Waals surface area contributed by atoms with Crippen molar-refractivity contribution in [2.45, 2.75) is 25.7 Å². The Balaban J connectivity index is 3.27. The number of hydrogen-bond donors (Lipinski definition) is 2. The first-order valence-corrected chi connectivity index (χ1v) is 17.7. The first-order valence-electron chi connectivity index (χ1n) is 11.9. The van der Waals surface area contributed by atoms with Gasteiger partial charge in [-0.05, 0) is 12.2 Å². The number of aliphatic hydroxyl groups is 2. The van der Waals surface area contributed by atoms with Crippen molar-refractivity contribution < 1.29 is 48.6 Å². The van der Waals surface area contributed by atoms with E-state index in [-0.39, 0.29) is 43.0 Å². The number of aliphatic hydroxyl groups excluding tert-OH is 2. The Bertz CT molecular complexity index is 560. The molecule has 0 unspecified atom stereocenters. The van der Waals surface area contributed by atoms with Gasteiger partial charge in [-0.2, -0.15) is 35.3 Å². The zero-order chi connectivity index (χ0) is 27.2.